The number of hydrogen-bond acceptors (Lipinski definition) is 2. The maximum atomic E-state index is 12.2. The molecule has 2 nitrogen and oxygen atoms in total. The Kier molecular flexibility index (Phi) is 4.95. The summed E-state index contributed by atoms with van der Waals surface area (Å²) in [4.78, 5) is 0.909. The molecule has 0 saturated heterocycles. The standard InChI is InChI=1S/C15H23NOS/c1-12-7-9-14(10-8-12)18(17)11-15(16)13-5-3-2-4-6-13/h7-10,13,15H,2-6,11,16H2,1H3. The summed E-state index contributed by atoms with van der Waals surface area (Å²) in [6, 6.07) is 8.03. The first-order valence-corrected chi connectivity index (χ1v) is 8.19. The summed E-state index contributed by atoms with van der Waals surface area (Å²) in [5.41, 5.74) is 7.42. The van der Waals surface area contributed by atoms with Crippen LogP contribution in [0.5, 0.6) is 0 Å². The molecule has 100 valence electrons. The van der Waals surface area contributed by atoms with Gasteiger partial charge in [-0.25, -0.2) is 0 Å². The second-order valence-electron chi connectivity index (χ2n) is 5.39. The van der Waals surface area contributed by atoms with Crippen LogP contribution < -0.4 is 5.73 Å². The average molecular weight is 265 g/mol. The normalized spacial score (nSPS) is 20.6. The fourth-order valence-corrected chi connectivity index (χ4v) is 3.91. The minimum Gasteiger partial charge on any atom is -0.327 e. The summed E-state index contributed by atoms with van der Waals surface area (Å²) in [6.45, 7) is 2.04. The lowest BCUT2D eigenvalue weighted by Crippen LogP contribution is -2.36. The lowest BCUT2D eigenvalue weighted by molar-refractivity contribution is 0.318. The van der Waals surface area contributed by atoms with Gasteiger partial charge < -0.3 is 5.73 Å². The van der Waals surface area contributed by atoms with Crippen LogP contribution in [0, 0.1) is 12.8 Å². The third-order valence-corrected chi connectivity index (χ3v) is 5.37. The minimum atomic E-state index is -0.948. The Morgan fingerprint density at radius 2 is 1.83 bits per heavy atom. The van der Waals surface area contributed by atoms with Gasteiger partial charge in [0, 0.05) is 16.7 Å². The van der Waals surface area contributed by atoms with E-state index in [0.29, 0.717) is 11.7 Å². The van der Waals surface area contributed by atoms with Crippen molar-refractivity contribution in [3.8, 4) is 0 Å². The maximum Gasteiger partial charge on any atom is 0.0545 e. The second-order valence-corrected chi connectivity index (χ2v) is 6.88. The molecule has 0 spiro atoms. The topological polar surface area (TPSA) is 43.1 Å². The van der Waals surface area contributed by atoms with Gasteiger partial charge in [0.2, 0.25) is 0 Å². The number of aryl methyl sites for hydroxylation is 1. The Labute approximate surface area is 112 Å². The first-order valence-electron chi connectivity index (χ1n) is 6.87. The first-order chi connectivity index (χ1) is 8.66. The SMILES string of the molecule is Cc1ccc(S(=O)CC(N)C2CCCCC2)cc1. The summed E-state index contributed by atoms with van der Waals surface area (Å²) in [6.07, 6.45) is 6.34. The highest BCUT2D eigenvalue weighted by molar-refractivity contribution is 7.85. The Bertz CT molecular complexity index is 395. The minimum absolute atomic E-state index is 0.0902. The van der Waals surface area contributed by atoms with Crippen LogP contribution in [0.4, 0.5) is 0 Å². The Balaban J connectivity index is 1.91. The zero-order valence-corrected chi connectivity index (χ0v) is 11.9. The molecule has 0 radical (unpaired) electrons. The summed E-state index contributed by atoms with van der Waals surface area (Å²) < 4.78 is 12.2. The summed E-state index contributed by atoms with van der Waals surface area (Å²) in [5.74, 6) is 1.18. The van der Waals surface area contributed by atoms with Gasteiger partial charge in [-0.2, -0.15) is 0 Å². The number of hydrogen-bond donors (Lipinski definition) is 1. The van der Waals surface area contributed by atoms with Gasteiger partial charge in [0.25, 0.3) is 0 Å². The molecule has 3 heteroatoms. The van der Waals surface area contributed by atoms with Crippen molar-refractivity contribution in [2.45, 2.75) is 50.0 Å². The van der Waals surface area contributed by atoms with E-state index in [1.807, 2.05) is 31.2 Å². The third-order valence-electron chi connectivity index (χ3n) is 3.88. The van der Waals surface area contributed by atoms with Crippen molar-refractivity contribution in [1.82, 2.24) is 0 Å². The molecule has 2 rings (SSSR count). The highest BCUT2D eigenvalue weighted by atomic mass is 32.2. The highest BCUT2D eigenvalue weighted by Gasteiger charge is 2.22. The summed E-state index contributed by atoms with van der Waals surface area (Å²) in [5, 5.41) is 0. The second kappa shape index (κ2) is 6.48. The molecule has 1 fully saturated rings. The predicted octanol–water partition coefficient (Wildman–Crippen LogP) is 3.01. The summed E-state index contributed by atoms with van der Waals surface area (Å²) in [7, 11) is -0.948. The molecular weight excluding hydrogens is 242 g/mol. The molecule has 2 atom stereocenters. The van der Waals surface area contributed by atoms with Crippen molar-refractivity contribution in [2.75, 3.05) is 5.75 Å². The van der Waals surface area contributed by atoms with Crippen molar-refractivity contribution in [3.05, 3.63) is 29.8 Å². The molecule has 0 bridgehead atoms. The molecule has 0 heterocycles. The van der Waals surface area contributed by atoms with E-state index in [4.69, 9.17) is 5.73 Å². The zero-order valence-electron chi connectivity index (χ0n) is 11.1. The Morgan fingerprint density at radius 1 is 1.22 bits per heavy atom. The van der Waals surface area contributed by atoms with Gasteiger partial charge in [0.05, 0.1) is 10.8 Å². The van der Waals surface area contributed by atoms with E-state index in [1.54, 1.807) is 0 Å². The van der Waals surface area contributed by atoms with Gasteiger partial charge in [-0.3, -0.25) is 4.21 Å². The van der Waals surface area contributed by atoms with E-state index in [1.165, 1.54) is 37.7 Å². The molecular formula is C15H23NOS. The maximum absolute atomic E-state index is 12.2. The van der Waals surface area contributed by atoms with Crippen LogP contribution >= 0.6 is 0 Å². The molecule has 0 amide bonds. The van der Waals surface area contributed by atoms with Gasteiger partial charge >= 0.3 is 0 Å². The van der Waals surface area contributed by atoms with Gasteiger partial charge in [-0.1, -0.05) is 37.0 Å². The van der Waals surface area contributed by atoms with Crippen molar-refractivity contribution in [2.24, 2.45) is 11.7 Å². The Hall–Kier alpha value is -0.670. The van der Waals surface area contributed by atoms with E-state index in [-0.39, 0.29) is 6.04 Å². The average Bonchev–Trinajstić information content (AvgIpc) is 2.40. The lowest BCUT2D eigenvalue weighted by Gasteiger charge is -2.27. The molecule has 2 N–H and O–H groups in total. The fraction of sp³-hybridized carbons (Fsp3) is 0.600. The molecule has 18 heavy (non-hydrogen) atoms. The van der Waals surface area contributed by atoms with E-state index in [9.17, 15) is 4.21 Å². The monoisotopic (exact) mass is 265 g/mol. The van der Waals surface area contributed by atoms with Gasteiger partial charge in [0.1, 0.15) is 0 Å². The molecule has 1 aliphatic carbocycles. The van der Waals surface area contributed by atoms with Crippen molar-refractivity contribution >= 4 is 10.8 Å². The van der Waals surface area contributed by atoms with Crippen LogP contribution in [0.3, 0.4) is 0 Å². The quantitative estimate of drug-likeness (QED) is 0.909. The van der Waals surface area contributed by atoms with E-state index >= 15 is 0 Å². The number of benzene rings is 1. The third kappa shape index (κ3) is 3.66. The van der Waals surface area contributed by atoms with Gasteiger partial charge in [-0.15, -0.1) is 0 Å². The predicted molar refractivity (Wildman–Crippen MR) is 77.0 cm³/mol. The largest absolute Gasteiger partial charge is 0.327 e. The van der Waals surface area contributed by atoms with E-state index in [2.05, 4.69) is 0 Å². The molecule has 1 saturated carbocycles. The van der Waals surface area contributed by atoms with Gasteiger partial charge in [0.15, 0.2) is 0 Å². The highest BCUT2D eigenvalue weighted by Crippen LogP contribution is 2.26. The lowest BCUT2D eigenvalue weighted by atomic mass is 9.85. The Morgan fingerprint density at radius 3 is 2.44 bits per heavy atom. The summed E-state index contributed by atoms with van der Waals surface area (Å²) >= 11 is 0. The molecule has 1 aromatic rings. The van der Waals surface area contributed by atoms with Crippen LogP contribution in [-0.2, 0) is 10.8 Å². The smallest absolute Gasteiger partial charge is 0.0545 e. The van der Waals surface area contributed by atoms with Crippen molar-refractivity contribution in [1.29, 1.82) is 0 Å². The van der Waals surface area contributed by atoms with Crippen LogP contribution in [0.15, 0.2) is 29.2 Å². The molecule has 2 unspecified atom stereocenters. The first kappa shape index (κ1) is 13.8. The molecule has 1 aliphatic rings. The van der Waals surface area contributed by atoms with Crippen LogP contribution in [-0.4, -0.2) is 16.0 Å². The van der Waals surface area contributed by atoms with Crippen LogP contribution in [0.2, 0.25) is 0 Å². The van der Waals surface area contributed by atoms with Gasteiger partial charge in [-0.05, 0) is 37.8 Å². The van der Waals surface area contributed by atoms with E-state index in [0.717, 1.165) is 4.90 Å². The van der Waals surface area contributed by atoms with Crippen LogP contribution in [0.25, 0.3) is 0 Å². The number of nitrogens with two attached hydrogens (primary N) is 1. The molecule has 0 aromatic heterocycles. The fourth-order valence-electron chi connectivity index (χ4n) is 2.66. The van der Waals surface area contributed by atoms with E-state index < -0.39 is 10.8 Å². The van der Waals surface area contributed by atoms with Crippen LogP contribution in [0.1, 0.15) is 37.7 Å². The molecule has 1 aromatic carbocycles. The van der Waals surface area contributed by atoms with Crippen molar-refractivity contribution < 1.29 is 4.21 Å². The van der Waals surface area contributed by atoms with Crippen molar-refractivity contribution in [3.63, 3.8) is 0 Å². The number of rotatable bonds is 4. The molecule has 0 aliphatic heterocycles. The zero-order chi connectivity index (χ0) is 13.0.